The predicted octanol–water partition coefficient (Wildman–Crippen LogP) is 2.20. The molecule has 104 valence electrons. The van der Waals surface area contributed by atoms with Crippen LogP contribution < -0.4 is 5.73 Å². The highest BCUT2D eigenvalue weighted by Crippen LogP contribution is 2.22. The van der Waals surface area contributed by atoms with Gasteiger partial charge in [0.2, 0.25) is 0 Å². The number of nitrogens with two attached hydrogens (primary N) is 1. The molecule has 0 spiro atoms. The smallest absolute Gasteiger partial charge is 0.253 e. The number of carbonyl (C=O) groups excluding carboxylic acids is 1. The molecule has 1 aliphatic rings. The van der Waals surface area contributed by atoms with Crippen molar-refractivity contribution in [3.8, 4) is 0 Å². The van der Waals surface area contributed by atoms with Crippen molar-refractivity contribution in [1.29, 1.82) is 0 Å². The van der Waals surface area contributed by atoms with E-state index in [4.69, 9.17) is 5.73 Å². The van der Waals surface area contributed by atoms with Crippen molar-refractivity contribution >= 4 is 27.5 Å². The number of likely N-dealkylation sites (tertiary alicyclic amines) is 1. The Morgan fingerprint density at radius 2 is 2.32 bits per heavy atom. The van der Waals surface area contributed by atoms with Crippen molar-refractivity contribution in [1.82, 2.24) is 9.80 Å². The molecule has 1 amide bonds. The minimum atomic E-state index is 0.0426. The quantitative estimate of drug-likeness (QED) is 0.867. The van der Waals surface area contributed by atoms with Gasteiger partial charge in [0.25, 0.3) is 5.91 Å². The summed E-state index contributed by atoms with van der Waals surface area (Å²) < 4.78 is 0.768. The van der Waals surface area contributed by atoms with Crippen molar-refractivity contribution < 1.29 is 4.79 Å². The van der Waals surface area contributed by atoms with Gasteiger partial charge in [-0.25, -0.2) is 0 Å². The second kappa shape index (κ2) is 5.92. The highest BCUT2D eigenvalue weighted by Gasteiger charge is 2.24. The normalized spacial score (nSPS) is 19.6. The Kier molecular flexibility index (Phi) is 4.47. The molecule has 0 bridgehead atoms. The van der Waals surface area contributed by atoms with E-state index in [-0.39, 0.29) is 5.91 Å². The van der Waals surface area contributed by atoms with Crippen LogP contribution in [0.5, 0.6) is 0 Å². The van der Waals surface area contributed by atoms with Crippen molar-refractivity contribution in [2.75, 3.05) is 32.9 Å². The third-order valence-corrected chi connectivity index (χ3v) is 4.44. The zero-order chi connectivity index (χ0) is 14.0. The summed E-state index contributed by atoms with van der Waals surface area (Å²) in [7, 11) is 3.98. The molecule has 0 aliphatic carbocycles. The number of nitrogens with zero attached hydrogens (tertiary/aromatic N) is 2. The molecule has 2 N–H and O–H groups in total. The molecule has 4 nitrogen and oxygen atoms in total. The minimum Gasteiger partial charge on any atom is -0.398 e. The van der Waals surface area contributed by atoms with Gasteiger partial charge in [-0.15, -0.1) is 0 Å². The molecule has 5 heteroatoms. The maximum absolute atomic E-state index is 12.3. The molecule has 1 unspecified atom stereocenters. The third kappa shape index (κ3) is 3.28. The number of hydrogen-bond donors (Lipinski definition) is 1. The summed E-state index contributed by atoms with van der Waals surface area (Å²) in [4.78, 5) is 16.5. The summed E-state index contributed by atoms with van der Waals surface area (Å²) in [5.41, 5.74) is 7.06. The largest absolute Gasteiger partial charge is 0.398 e. The second-order valence-electron chi connectivity index (χ2n) is 5.20. The number of benzene rings is 1. The van der Waals surface area contributed by atoms with Crippen LogP contribution in [0.3, 0.4) is 0 Å². The van der Waals surface area contributed by atoms with Crippen molar-refractivity contribution in [3.05, 3.63) is 28.2 Å². The first-order chi connectivity index (χ1) is 8.99. The molecule has 0 saturated carbocycles. The van der Waals surface area contributed by atoms with Crippen molar-refractivity contribution in [2.45, 2.75) is 18.9 Å². The lowest BCUT2D eigenvalue weighted by atomic mass is 10.1. The Morgan fingerprint density at radius 1 is 1.58 bits per heavy atom. The van der Waals surface area contributed by atoms with E-state index < -0.39 is 0 Å². The van der Waals surface area contributed by atoms with Gasteiger partial charge in [0, 0.05) is 35.4 Å². The van der Waals surface area contributed by atoms with Gasteiger partial charge in [0.05, 0.1) is 0 Å². The van der Waals surface area contributed by atoms with Crippen LogP contribution in [0.25, 0.3) is 0 Å². The number of likely N-dealkylation sites (N-methyl/N-ethyl adjacent to an activating group) is 2. The lowest BCUT2D eigenvalue weighted by Gasteiger charge is -2.26. The van der Waals surface area contributed by atoms with E-state index in [1.165, 1.54) is 12.8 Å². The van der Waals surface area contributed by atoms with Crippen LogP contribution in [0.2, 0.25) is 0 Å². The van der Waals surface area contributed by atoms with Gasteiger partial charge in [-0.1, -0.05) is 0 Å². The topological polar surface area (TPSA) is 49.6 Å². The molecule has 1 aromatic carbocycles. The molecular weight excluding hydrogens is 306 g/mol. The molecule has 1 aromatic rings. The zero-order valence-electron chi connectivity index (χ0n) is 11.4. The summed E-state index contributed by atoms with van der Waals surface area (Å²) in [6.45, 7) is 1.90. The molecular formula is C14H20BrN3O. The molecule has 1 fully saturated rings. The Hall–Kier alpha value is -1.07. The van der Waals surface area contributed by atoms with E-state index in [9.17, 15) is 4.79 Å². The number of nitrogen functional groups attached to an aromatic ring is 1. The van der Waals surface area contributed by atoms with Crippen LogP contribution in [0.15, 0.2) is 22.7 Å². The standard InChI is InChI=1S/C14H20BrN3O/c1-17-7-3-4-11(17)9-18(2)14(19)10-5-6-13(16)12(15)8-10/h5-6,8,11H,3-4,7,9,16H2,1-2H3. The molecule has 2 rings (SSSR count). The summed E-state index contributed by atoms with van der Waals surface area (Å²) in [5.74, 6) is 0.0426. The Bertz CT molecular complexity index is 478. The van der Waals surface area contributed by atoms with E-state index in [1.807, 2.05) is 7.05 Å². The van der Waals surface area contributed by atoms with Crippen molar-refractivity contribution in [3.63, 3.8) is 0 Å². The minimum absolute atomic E-state index is 0.0426. The van der Waals surface area contributed by atoms with E-state index in [1.54, 1.807) is 23.1 Å². The van der Waals surface area contributed by atoms with Gasteiger partial charge < -0.3 is 15.5 Å². The van der Waals surface area contributed by atoms with Gasteiger partial charge in [-0.3, -0.25) is 4.79 Å². The number of rotatable bonds is 3. The molecule has 0 aromatic heterocycles. The maximum atomic E-state index is 12.3. The van der Waals surface area contributed by atoms with Crippen LogP contribution in [0, 0.1) is 0 Å². The van der Waals surface area contributed by atoms with Gasteiger partial charge >= 0.3 is 0 Å². The fourth-order valence-electron chi connectivity index (χ4n) is 2.49. The second-order valence-corrected chi connectivity index (χ2v) is 6.05. The summed E-state index contributed by atoms with van der Waals surface area (Å²) in [6, 6.07) is 5.79. The van der Waals surface area contributed by atoms with Gasteiger partial charge in [-0.2, -0.15) is 0 Å². The summed E-state index contributed by atoms with van der Waals surface area (Å²) in [6.07, 6.45) is 2.39. The Morgan fingerprint density at radius 3 is 2.89 bits per heavy atom. The first kappa shape index (κ1) is 14.3. The zero-order valence-corrected chi connectivity index (χ0v) is 13.0. The Balaban J connectivity index is 2.03. The molecule has 19 heavy (non-hydrogen) atoms. The van der Waals surface area contributed by atoms with Crippen molar-refractivity contribution in [2.24, 2.45) is 0 Å². The molecule has 0 radical (unpaired) electrons. The SMILES string of the molecule is CN(CC1CCCN1C)C(=O)c1ccc(N)c(Br)c1. The van der Waals surface area contributed by atoms with E-state index >= 15 is 0 Å². The van der Waals surface area contributed by atoms with Crippen LogP contribution in [-0.4, -0.2) is 48.9 Å². The van der Waals surface area contributed by atoms with Crippen LogP contribution in [0.1, 0.15) is 23.2 Å². The van der Waals surface area contributed by atoms with E-state index in [0.717, 1.165) is 17.6 Å². The van der Waals surface area contributed by atoms with Gasteiger partial charge in [-0.05, 0) is 60.6 Å². The third-order valence-electron chi connectivity index (χ3n) is 3.75. The Labute approximate surface area is 122 Å². The lowest BCUT2D eigenvalue weighted by molar-refractivity contribution is 0.0761. The number of hydrogen-bond acceptors (Lipinski definition) is 3. The molecule has 1 aliphatic heterocycles. The molecule has 1 atom stereocenters. The number of carbonyl (C=O) groups is 1. The molecule has 1 saturated heterocycles. The fraction of sp³-hybridized carbons (Fsp3) is 0.500. The summed E-state index contributed by atoms with van der Waals surface area (Å²) in [5, 5.41) is 0. The summed E-state index contributed by atoms with van der Waals surface area (Å²) >= 11 is 3.36. The van der Waals surface area contributed by atoms with E-state index in [2.05, 4.69) is 27.9 Å². The predicted molar refractivity (Wildman–Crippen MR) is 81.2 cm³/mol. The first-order valence-corrected chi connectivity index (χ1v) is 7.29. The highest BCUT2D eigenvalue weighted by molar-refractivity contribution is 9.10. The van der Waals surface area contributed by atoms with Crippen LogP contribution in [-0.2, 0) is 0 Å². The average Bonchev–Trinajstić information content (AvgIpc) is 2.77. The maximum Gasteiger partial charge on any atom is 0.253 e. The van der Waals surface area contributed by atoms with E-state index in [0.29, 0.717) is 17.3 Å². The lowest BCUT2D eigenvalue weighted by Crippen LogP contribution is -2.39. The highest BCUT2D eigenvalue weighted by atomic mass is 79.9. The number of amides is 1. The fourth-order valence-corrected chi connectivity index (χ4v) is 2.87. The van der Waals surface area contributed by atoms with Crippen LogP contribution >= 0.6 is 15.9 Å². The van der Waals surface area contributed by atoms with Gasteiger partial charge in [0.15, 0.2) is 0 Å². The average molecular weight is 326 g/mol. The van der Waals surface area contributed by atoms with Gasteiger partial charge in [0.1, 0.15) is 0 Å². The number of anilines is 1. The first-order valence-electron chi connectivity index (χ1n) is 6.50. The molecule has 1 heterocycles. The monoisotopic (exact) mass is 325 g/mol. The van der Waals surface area contributed by atoms with Crippen LogP contribution in [0.4, 0.5) is 5.69 Å². The number of halogens is 1.